The summed E-state index contributed by atoms with van der Waals surface area (Å²) in [5.41, 5.74) is 1.22. The molecule has 0 spiro atoms. The fraction of sp³-hybridized carbons (Fsp3) is 0.400. The smallest absolute Gasteiger partial charge is 0.342 e. The molecule has 0 aliphatic heterocycles. The highest BCUT2D eigenvalue weighted by Gasteiger charge is 2.18. The van der Waals surface area contributed by atoms with Gasteiger partial charge in [0.15, 0.2) is 0 Å². The number of esters is 1. The quantitative estimate of drug-likeness (QED) is 0.788. The second-order valence-corrected chi connectivity index (χ2v) is 5.11. The maximum atomic E-state index is 12.1. The summed E-state index contributed by atoms with van der Waals surface area (Å²) in [5, 5.41) is 3.94. The molecule has 2 aromatic heterocycles. The van der Waals surface area contributed by atoms with Gasteiger partial charge in [-0.25, -0.2) is 9.78 Å². The molecule has 0 aromatic carbocycles. The van der Waals surface area contributed by atoms with E-state index in [1.165, 1.54) is 0 Å². The molecule has 0 saturated heterocycles. The fourth-order valence-corrected chi connectivity index (χ4v) is 1.95. The summed E-state index contributed by atoms with van der Waals surface area (Å²) in [6.45, 7) is 5.96. The van der Waals surface area contributed by atoms with Crippen LogP contribution in [0, 0.1) is 6.92 Å². The van der Waals surface area contributed by atoms with E-state index in [-0.39, 0.29) is 12.1 Å². The van der Waals surface area contributed by atoms with Crippen LogP contribution in [0.4, 0.5) is 5.82 Å². The number of hydrogen-bond donors (Lipinski definition) is 0. The largest absolute Gasteiger partial charge is 0.459 e. The van der Waals surface area contributed by atoms with Gasteiger partial charge in [-0.1, -0.05) is 5.16 Å². The van der Waals surface area contributed by atoms with E-state index in [1.807, 2.05) is 38.8 Å². The summed E-state index contributed by atoms with van der Waals surface area (Å²) in [5.74, 6) is 0.930. The van der Waals surface area contributed by atoms with E-state index in [0.29, 0.717) is 17.9 Å². The van der Waals surface area contributed by atoms with E-state index in [0.717, 1.165) is 11.5 Å². The molecule has 0 unspecified atom stereocenters. The Morgan fingerprint density at radius 3 is 2.86 bits per heavy atom. The van der Waals surface area contributed by atoms with Gasteiger partial charge < -0.3 is 14.2 Å². The third-order valence-corrected chi connectivity index (χ3v) is 2.79. The van der Waals surface area contributed by atoms with Crippen LogP contribution < -0.4 is 4.90 Å². The molecule has 6 heteroatoms. The lowest BCUT2D eigenvalue weighted by Gasteiger charge is -2.19. The summed E-state index contributed by atoms with van der Waals surface area (Å²) in [6, 6.07) is 5.28. The van der Waals surface area contributed by atoms with Crippen LogP contribution in [0.1, 0.15) is 35.7 Å². The molecule has 21 heavy (non-hydrogen) atoms. The summed E-state index contributed by atoms with van der Waals surface area (Å²) in [6.07, 6.45) is 1.47. The van der Waals surface area contributed by atoms with E-state index < -0.39 is 0 Å². The minimum absolute atomic E-state index is 0.172. The first-order valence-corrected chi connectivity index (χ1v) is 6.76. The van der Waals surface area contributed by atoms with Gasteiger partial charge >= 0.3 is 5.97 Å². The van der Waals surface area contributed by atoms with Crippen molar-refractivity contribution in [3.63, 3.8) is 0 Å². The van der Waals surface area contributed by atoms with Crippen molar-refractivity contribution in [3.8, 4) is 0 Å². The molecule has 0 bridgehead atoms. The lowest BCUT2D eigenvalue weighted by Crippen LogP contribution is -2.22. The van der Waals surface area contributed by atoms with Crippen molar-refractivity contribution in [2.45, 2.75) is 33.4 Å². The third kappa shape index (κ3) is 3.81. The molecular formula is C15H19N3O3. The van der Waals surface area contributed by atoms with Gasteiger partial charge in [-0.05, 0) is 32.9 Å². The molecule has 0 amide bonds. The monoisotopic (exact) mass is 289 g/mol. The van der Waals surface area contributed by atoms with Crippen LogP contribution in [-0.2, 0) is 11.3 Å². The van der Waals surface area contributed by atoms with Crippen molar-refractivity contribution in [1.82, 2.24) is 10.1 Å². The van der Waals surface area contributed by atoms with Gasteiger partial charge in [-0.3, -0.25) is 0 Å². The number of carbonyl (C=O) groups excluding carboxylic acids is 1. The molecule has 0 aliphatic carbocycles. The number of nitrogens with zero attached hydrogens (tertiary/aromatic N) is 3. The number of aromatic nitrogens is 2. The van der Waals surface area contributed by atoms with E-state index in [2.05, 4.69) is 10.1 Å². The standard InChI is InChI=1S/C15H19N3O3/c1-10(2)20-15(19)13-6-5-7-16-14(13)18(4)9-12-8-11(3)21-17-12/h5-8,10H,9H2,1-4H3. The predicted octanol–water partition coefficient (Wildman–Crippen LogP) is 2.58. The third-order valence-electron chi connectivity index (χ3n) is 2.79. The van der Waals surface area contributed by atoms with Gasteiger partial charge in [0.25, 0.3) is 0 Å². The zero-order chi connectivity index (χ0) is 15.4. The topological polar surface area (TPSA) is 68.5 Å². The molecule has 0 saturated carbocycles. The van der Waals surface area contributed by atoms with Gasteiger partial charge in [0.1, 0.15) is 22.8 Å². The lowest BCUT2D eigenvalue weighted by molar-refractivity contribution is 0.0378. The molecule has 2 aromatic rings. The molecule has 2 heterocycles. The maximum Gasteiger partial charge on any atom is 0.342 e. The maximum absolute atomic E-state index is 12.1. The highest BCUT2D eigenvalue weighted by molar-refractivity contribution is 5.94. The normalized spacial score (nSPS) is 10.7. The van der Waals surface area contributed by atoms with Crippen molar-refractivity contribution in [2.75, 3.05) is 11.9 Å². The average molecular weight is 289 g/mol. The zero-order valence-corrected chi connectivity index (χ0v) is 12.7. The van der Waals surface area contributed by atoms with Gasteiger partial charge in [-0.15, -0.1) is 0 Å². The second-order valence-electron chi connectivity index (χ2n) is 5.11. The van der Waals surface area contributed by atoms with Crippen LogP contribution in [-0.4, -0.2) is 29.3 Å². The van der Waals surface area contributed by atoms with E-state index in [9.17, 15) is 4.79 Å². The molecule has 0 atom stereocenters. The van der Waals surface area contributed by atoms with Crippen molar-refractivity contribution in [2.24, 2.45) is 0 Å². The number of anilines is 1. The number of pyridine rings is 1. The number of aryl methyl sites for hydroxylation is 1. The summed E-state index contributed by atoms with van der Waals surface area (Å²) < 4.78 is 10.3. The Balaban J connectivity index is 2.20. The SMILES string of the molecule is Cc1cc(CN(C)c2ncccc2C(=O)OC(C)C)no1. The van der Waals surface area contributed by atoms with Crippen LogP contribution in [0.3, 0.4) is 0 Å². The predicted molar refractivity (Wildman–Crippen MR) is 78.1 cm³/mol. The van der Waals surface area contributed by atoms with Gasteiger partial charge in [0.05, 0.1) is 12.6 Å². The van der Waals surface area contributed by atoms with Crippen molar-refractivity contribution >= 4 is 11.8 Å². The lowest BCUT2D eigenvalue weighted by atomic mass is 10.2. The zero-order valence-electron chi connectivity index (χ0n) is 12.7. The van der Waals surface area contributed by atoms with Gasteiger partial charge in [-0.2, -0.15) is 0 Å². The molecule has 0 N–H and O–H groups in total. The van der Waals surface area contributed by atoms with Crippen molar-refractivity contribution in [3.05, 3.63) is 41.4 Å². The number of ether oxygens (including phenoxy) is 1. The van der Waals surface area contributed by atoms with Crippen molar-refractivity contribution < 1.29 is 14.1 Å². The van der Waals surface area contributed by atoms with E-state index in [1.54, 1.807) is 18.3 Å². The number of rotatable bonds is 5. The minimum Gasteiger partial charge on any atom is -0.459 e. The molecule has 2 rings (SSSR count). The second kappa shape index (κ2) is 6.39. The first-order valence-electron chi connectivity index (χ1n) is 6.76. The first kappa shape index (κ1) is 15.0. The van der Waals surface area contributed by atoms with Crippen LogP contribution in [0.15, 0.2) is 28.9 Å². The van der Waals surface area contributed by atoms with E-state index >= 15 is 0 Å². The minimum atomic E-state index is -0.378. The Kier molecular flexibility index (Phi) is 4.57. The van der Waals surface area contributed by atoms with Crippen molar-refractivity contribution in [1.29, 1.82) is 0 Å². The number of carbonyl (C=O) groups is 1. The highest BCUT2D eigenvalue weighted by Crippen LogP contribution is 2.19. The van der Waals surface area contributed by atoms with Crippen LogP contribution >= 0.6 is 0 Å². The molecule has 0 radical (unpaired) electrons. The Morgan fingerprint density at radius 2 is 2.24 bits per heavy atom. The molecule has 0 fully saturated rings. The molecule has 0 aliphatic rings. The Labute approximate surface area is 123 Å². The summed E-state index contributed by atoms with van der Waals surface area (Å²) >= 11 is 0. The van der Waals surface area contributed by atoms with Gasteiger partial charge in [0.2, 0.25) is 0 Å². The summed E-state index contributed by atoms with van der Waals surface area (Å²) in [7, 11) is 1.85. The average Bonchev–Trinajstić information content (AvgIpc) is 2.83. The van der Waals surface area contributed by atoms with Gasteiger partial charge in [0, 0.05) is 19.3 Å². The molecular weight excluding hydrogens is 270 g/mol. The van der Waals surface area contributed by atoms with Crippen LogP contribution in [0.25, 0.3) is 0 Å². The highest BCUT2D eigenvalue weighted by atomic mass is 16.5. The fourth-order valence-electron chi connectivity index (χ4n) is 1.95. The first-order chi connectivity index (χ1) is 9.97. The number of hydrogen-bond acceptors (Lipinski definition) is 6. The Morgan fingerprint density at radius 1 is 1.48 bits per heavy atom. The molecule has 112 valence electrons. The van der Waals surface area contributed by atoms with Crippen LogP contribution in [0.5, 0.6) is 0 Å². The summed E-state index contributed by atoms with van der Waals surface area (Å²) in [4.78, 5) is 18.2. The Bertz CT molecular complexity index is 622. The van der Waals surface area contributed by atoms with Crippen LogP contribution in [0.2, 0.25) is 0 Å². The Hall–Kier alpha value is -2.37. The van der Waals surface area contributed by atoms with E-state index in [4.69, 9.17) is 9.26 Å². The molecule has 6 nitrogen and oxygen atoms in total.